The zero-order chi connectivity index (χ0) is 22.5. The summed E-state index contributed by atoms with van der Waals surface area (Å²) in [7, 11) is 0. The Balaban J connectivity index is 1.47. The third-order valence-corrected chi connectivity index (χ3v) is 5.22. The second-order valence-corrected chi connectivity index (χ2v) is 7.61. The van der Waals surface area contributed by atoms with Crippen molar-refractivity contribution >= 4 is 33.8 Å². The fourth-order valence-electron chi connectivity index (χ4n) is 3.56. The van der Waals surface area contributed by atoms with E-state index in [1.54, 1.807) is 12.1 Å². The molecule has 0 fully saturated rings. The van der Waals surface area contributed by atoms with Gasteiger partial charge in [-0.25, -0.2) is 19.4 Å². The number of nitrogens with zero attached hydrogens (tertiary/aromatic N) is 4. The van der Waals surface area contributed by atoms with Crippen LogP contribution in [-0.2, 0) is 11.3 Å². The normalized spacial score (nSPS) is 11.3. The first-order valence-electron chi connectivity index (χ1n) is 10.8. The number of ether oxygens (including phenoxy) is 1. The molecule has 3 aromatic heterocycles. The number of anilines is 1. The summed E-state index contributed by atoms with van der Waals surface area (Å²) in [5.41, 5.74) is 9.13. The highest BCUT2D eigenvalue weighted by Crippen LogP contribution is 2.32. The number of phenolic OH excluding ortho intramolecular Hbond substituents is 1. The monoisotopic (exact) mass is 437 g/mol. The number of alkyl carbamates (subject to hydrolysis) is 1. The van der Waals surface area contributed by atoms with Crippen LogP contribution in [-0.4, -0.2) is 49.1 Å². The van der Waals surface area contributed by atoms with E-state index in [0.29, 0.717) is 42.2 Å². The van der Waals surface area contributed by atoms with Crippen LogP contribution in [0.3, 0.4) is 0 Å². The van der Waals surface area contributed by atoms with Crippen molar-refractivity contribution in [2.24, 2.45) is 0 Å². The molecule has 4 rings (SSSR count). The summed E-state index contributed by atoms with van der Waals surface area (Å²) in [4.78, 5) is 23.5. The van der Waals surface area contributed by atoms with Crippen LogP contribution in [0.2, 0.25) is 0 Å². The molecule has 0 aliphatic heterocycles. The molecule has 0 saturated heterocycles. The highest BCUT2D eigenvalue weighted by Gasteiger charge is 2.18. The van der Waals surface area contributed by atoms with Gasteiger partial charge in [-0.2, -0.15) is 5.10 Å². The fourth-order valence-corrected chi connectivity index (χ4v) is 3.56. The SMILES string of the molecule is CCCCOC(=O)NCCCCn1nc(-c2cc3cc(O)ccc3[nH]2)c2c(N)ncnc21. The molecule has 0 bridgehead atoms. The van der Waals surface area contributed by atoms with E-state index in [1.807, 2.05) is 23.7 Å². The molecule has 4 aromatic rings. The Morgan fingerprint density at radius 1 is 1.25 bits per heavy atom. The number of hydrogen-bond acceptors (Lipinski definition) is 7. The number of hydrogen-bond donors (Lipinski definition) is 4. The molecule has 1 amide bonds. The molecule has 0 unspecified atom stereocenters. The Morgan fingerprint density at radius 3 is 2.97 bits per heavy atom. The summed E-state index contributed by atoms with van der Waals surface area (Å²) in [6.45, 7) is 3.63. The highest BCUT2D eigenvalue weighted by atomic mass is 16.5. The molecule has 10 heteroatoms. The van der Waals surface area contributed by atoms with Crippen molar-refractivity contribution in [2.45, 2.75) is 39.2 Å². The number of aromatic nitrogens is 5. The van der Waals surface area contributed by atoms with E-state index in [-0.39, 0.29) is 11.8 Å². The number of carbonyl (C=O) groups excluding carboxylic acids is 1. The molecule has 0 saturated carbocycles. The van der Waals surface area contributed by atoms with Crippen molar-refractivity contribution in [3.63, 3.8) is 0 Å². The molecule has 32 heavy (non-hydrogen) atoms. The van der Waals surface area contributed by atoms with Crippen LogP contribution in [0, 0.1) is 0 Å². The molecule has 0 aliphatic carbocycles. The number of aromatic amines is 1. The Hall–Kier alpha value is -3.82. The molecular formula is C22H27N7O3. The number of amides is 1. The van der Waals surface area contributed by atoms with E-state index in [4.69, 9.17) is 15.6 Å². The van der Waals surface area contributed by atoms with Crippen molar-refractivity contribution in [1.29, 1.82) is 0 Å². The van der Waals surface area contributed by atoms with Gasteiger partial charge in [0.1, 0.15) is 23.6 Å². The Morgan fingerprint density at radius 2 is 2.12 bits per heavy atom. The third-order valence-electron chi connectivity index (χ3n) is 5.22. The molecule has 0 spiro atoms. The maximum Gasteiger partial charge on any atom is 0.407 e. The first-order chi connectivity index (χ1) is 15.6. The van der Waals surface area contributed by atoms with E-state index in [1.165, 1.54) is 6.33 Å². The lowest BCUT2D eigenvalue weighted by Crippen LogP contribution is -2.25. The minimum absolute atomic E-state index is 0.198. The minimum atomic E-state index is -0.379. The number of nitrogen functional groups attached to an aromatic ring is 1. The van der Waals surface area contributed by atoms with Gasteiger partial charge in [0.25, 0.3) is 0 Å². The van der Waals surface area contributed by atoms with Gasteiger partial charge in [0, 0.05) is 24.0 Å². The Labute approximate surface area is 184 Å². The van der Waals surface area contributed by atoms with Crippen molar-refractivity contribution in [3.05, 3.63) is 30.6 Å². The summed E-state index contributed by atoms with van der Waals surface area (Å²) in [6.07, 6.45) is 4.46. The van der Waals surface area contributed by atoms with Crippen LogP contribution in [0.1, 0.15) is 32.6 Å². The number of phenols is 1. The van der Waals surface area contributed by atoms with E-state index in [0.717, 1.165) is 42.3 Å². The molecule has 168 valence electrons. The van der Waals surface area contributed by atoms with Crippen LogP contribution in [0.4, 0.5) is 10.6 Å². The second-order valence-electron chi connectivity index (χ2n) is 7.61. The molecule has 5 N–H and O–H groups in total. The highest BCUT2D eigenvalue weighted by molar-refractivity contribution is 5.99. The number of rotatable bonds is 9. The number of nitrogens with two attached hydrogens (primary N) is 1. The maximum atomic E-state index is 11.6. The Bertz CT molecular complexity index is 1230. The van der Waals surface area contributed by atoms with Crippen LogP contribution in [0.25, 0.3) is 33.3 Å². The number of aromatic hydroxyl groups is 1. The van der Waals surface area contributed by atoms with Gasteiger partial charge in [-0.3, -0.25) is 0 Å². The Kier molecular flexibility index (Phi) is 6.39. The van der Waals surface area contributed by atoms with Gasteiger partial charge in [0.05, 0.1) is 17.7 Å². The van der Waals surface area contributed by atoms with Crippen molar-refractivity contribution in [3.8, 4) is 17.1 Å². The fraction of sp³-hybridized carbons (Fsp3) is 0.364. The standard InChI is InChI=1S/C22H27N7O3/c1-2-3-10-32-22(31)24-8-4-5-9-29-21-18(20(23)25-13-26-21)19(28-29)17-12-14-11-15(30)6-7-16(14)27-17/h6-7,11-13,27,30H,2-5,8-10H2,1H3,(H,24,31)(H2,23,25,26). The number of carbonyl (C=O) groups is 1. The largest absolute Gasteiger partial charge is 0.508 e. The van der Waals surface area contributed by atoms with Gasteiger partial charge < -0.3 is 25.9 Å². The molecular weight excluding hydrogens is 410 g/mol. The number of H-pyrrole nitrogens is 1. The smallest absolute Gasteiger partial charge is 0.407 e. The van der Waals surface area contributed by atoms with Gasteiger partial charge >= 0.3 is 6.09 Å². The van der Waals surface area contributed by atoms with Gasteiger partial charge in [0.2, 0.25) is 0 Å². The summed E-state index contributed by atoms with van der Waals surface area (Å²) in [5.74, 6) is 0.554. The summed E-state index contributed by atoms with van der Waals surface area (Å²) in [5, 5.41) is 18.8. The first kappa shape index (κ1) is 21.4. The number of benzene rings is 1. The topological polar surface area (TPSA) is 144 Å². The van der Waals surface area contributed by atoms with E-state index >= 15 is 0 Å². The average Bonchev–Trinajstić information content (AvgIpc) is 3.35. The second kappa shape index (κ2) is 9.54. The average molecular weight is 438 g/mol. The number of unbranched alkanes of at least 4 members (excludes halogenated alkanes) is 2. The van der Waals surface area contributed by atoms with Crippen LogP contribution in [0.5, 0.6) is 5.75 Å². The lowest BCUT2D eigenvalue weighted by atomic mass is 10.2. The summed E-state index contributed by atoms with van der Waals surface area (Å²) < 4.78 is 6.90. The minimum Gasteiger partial charge on any atom is -0.508 e. The quantitative estimate of drug-likeness (QED) is 0.293. The van der Waals surface area contributed by atoms with E-state index in [9.17, 15) is 9.90 Å². The van der Waals surface area contributed by atoms with Gasteiger partial charge in [-0.1, -0.05) is 13.3 Å². The van der Waals surface area contributed by atoms with Crippen molar-refractivity contribution in [1.82, 2.24) is 30.0 Å². The predicted octanol–water partition coefficient (Wildman–Crippen LogP) is 3.57. The predicted molar refractivity (Wildman–Crippen MR) is 122 cm³/mol. The third kappa shape index (κ3) is 4.58. The van der Waals surface area contributed by atoms with Crippen LogP contribution < -0.4 is 11.1 Å². The lowest BCUT2D eigenvalue weighted by Gasteiger charge is -2.06. The molecule has 10 nitrogen and oxygen atoms in total. The number of aryl methyl sites for hydroxylation is 1. The van der Waals surface area contributed by atoms with E-state index < -0.39 is 0 Å². The van der Waals surface area contributed by atoms with Crippen molar-refractivity contribution in [2.75, 3.05) is 18.9 Å². The molecule has 0 radical (unpaired) electrons. The summed E-state index contributed by atoms with van der Waals surface area (Å²) >= 11 is 0. The van der Waals surface area contributed by atoms with Gasteiger partial charge in [0.15, 0.2) is 5.65 Å². The summed E-state index contributed by atoms with van der Waals surface area (Å²) in [6, 6.07) is 7.05. The maximum absolute atomic E-state index is 11.6. The molecule has 0 aliphatic rings. The zero-order valence-corrected chi connectivity index (χ0v) is 18.0. The molecule has 0 atom stereocenters. The lowest BCUT2D eigenvalue weighted by molar-refractivity contribution is 0.144. The number of fused-ring (bicyclic) bond motifs is 2. The van der Waals surface area contributed by atoms with Crippen molar-refractivity contribution < 1.29 is 14.6 Å². The first-order valence-corrected chi connectivity index (χ1v) is 10.8. The van der Waals surface area contributed by atoms with Crippen LogP contribution >= 0.6 is 0 Å². The van der Waals surface area contributed by atoms with E-state index in [2.05, 4.69) is 20.3 Å². The molecule has 1 aromatic carbocycles. The van der Waals surface area contributed by atoms with Crippen LogP contribution in [0.15, 0.2) is 30.6 Å². The zero-order valence-electron chi connectivity index (χ0n) is 18.0. The number of nitrogens with one attached hydrogen (secondary N) is 2. The van der Waals surface area contributed by atoms with Gasteiger partial charge in [-0.15, -0.1) is 0 Å². The molecule has 3 heterocycles. The van der Waals surface area contributed by atoms with Gasteiger partial charge in [-0.05, 0) is 43.5 Å².